The van der Waals surface area contributed by atoms with Gasteiger partial charge in [0.2, 0.25) is 0 Å². The average molecular weight is 380 g/mol. The van der Waals surface area contributed by atoms with Crippen molar-refractivity contribution in [3.8, 4) is 5.75 Å². The highest BCUT2D eigenvalue weighted by Gasteiger charge is 2.45. The van der Waals surface area contributed by atoms with Crippen molar-refractivity contribution >= 4 is 38.4 Å². The highest BCUT2D eigenvalue weighted by Crippen LogP contribution is 2.45. The summed E-state index contributed by atoms with van der Waals surface area (Å²) < 4.78 is 6.34. The highest BCUT2D eigenvalue weighted by molar-refractivity contribution is 7.22. The number of amides is 1. The lowest BCUT2D eigenvalue weighted by atomic mass is 9.96. The summed E-state index contributed by atoms with van der Waals surface area (Å²) in [5, 5.41) is 10.9. The van der Waals surface area contributed by atoms with Gasteiger partial charge in [0.05, 0.1) is 22.9 Å². The summed E-state index contributed by atoms with van der Waals surface area (Å²) in [6.45, 7) is 1.34. The third-order valence-corrected chi connectivity index (χ3v) is 5.55. The summed E-state index contributed by atoms with van der Waals surface area (Å²) in [6.07, 6.45) is 0. The summed E-state index contributed by atoms with van der Waals surface area (Å²) in [5.41, 5.74) is 1.41. The lowest BCUT2D eigenvalue weighted by Gasteiger charge is -2.25. The van der Waals surface area contributed by atoms with E-state index in [1.54, 1.807) is 24.3 Å². The number of Topliss-reactive ketones (excluding diaryl/α,β-unsaturated/α-hetero) is 1. The summed E-state index contributed by atoms with van der Waals surface area (Å²) in [4.78, 5) is 31.1. The first kappa shape index (κ1) is 17.2. The van der Waals surface area contributed by atoms with Gasteiger partial charge in [-0.15, -0.1) is 0 Å². The maximum absolute atomic E-state index is 12.9. The van der Waals surface area contributed by atoms with Gasteiger partial charge in [0.1, 0.15) is 11.8 Å². The molecule has 1 aliphatic rings. The molecule has 1 atom stereocenters. The van der Waals surface area contributed by atoms with Crippen LogP contribution in [0.5, 0.6) is 5.75 Å². The Kier molecular flexibility index (Phi) is 4.16. The van der Waals surface area contributed by atoms with E-state index in [1.807, 2.05) is 24.3 Å². The molecular formula is C20H16N2O4S. The van der Waals surface area contributed by atoms with Crippen molar-refractivity contribution in [2.45, 2.75) is 13.0 Å². The molecule has 7 heteroatoms. The molecule has 1 aromatic heterocycles. The zero-order valence-electron chi connectivity index (χ0n) is 14.7. The number of methoxy groups -OCH3 is 1. The van der Waals surface area contributed by atoms with E-state index in [2.05, 4.69) is 4.98 Å². The monoisotopic (exact) mass is 380 g/mol. The Morgan fingerprint density at radius 2 is 1.89 bits per heavy atom. The van der Waals surface area contributed by atoms with E-state index < -0.39 is 17.7 Å². The molecule has 1 N–H and O–H groups in total. The molecule has 6 nitrogen and oxygen atoms in total. The van der Waals surface area contributed by atoms with E-state index in [-0.39, 0.29) is 11.4 Å². The van der Waals surface area contributed by atoms with Crippen LogP contribution < -0.4 is 9.64 Å². The van der Waals surface area contributed by atoms with Crippen molar-refractivity contribution in [3.63, 3.8) is 0 Å². The fraction of sp³-hybridized carbons (Fsp3) is 0.150. The van der Waals surface area contributed by atoms with Crippen molar-refractivity contribution in [1.29, 1.82) is 0 Å². The van der Waals surface area contributed by atoms with Gasteiger partial charge >= 0.3 is 0 Å². The predicted molar refractivity (Wildman–Crippen MR) is 103 cm³/mol. The lowest BCUT2D eigenvalue weighted by molar-refractivity contribution is -0.117. The van der Waals surface area contributed by atoms with Crippen LogP contribution in [0.3, 0.4) is 0 Å². The lowest BCUT2D eigenvalue weighted by Crippen LogP contribution is -2.31. The van der Waals surface area contributed by atoms with Crippen molar-refractivity contribution in [2.24, 2.45) is 0 Å². The Labute approximate surface area is 159 Å². The number of carbonyl (C=O) groups excluding carboxylic acids is 2. The van der Waals surface area contributed by atoms with Gasteiger partial charge in [-0.25, -0.2) is 4.98 Å². The summed E-state index contributed by atoms with van der Waals surface area (Å²) in [7, 11) is 1.52. The Morgan fingerprint density at radius 1 is 1.19 bits per heavy atom. The van der Waals surface area contributed by atoms with Gasteiger partial charge in [-0.3, -0.25) is 14.5 Å². The first-order valence-corrected chi connectivity index (χ1v) is 9.10. The number of para-hydroxylation sites is 2. The number of aromatic nitrogens is 1. The minimum absolute atomic E-state index is 0.0451. The number of hydrogen-bond acceptors (Lipinski definition) is 6. The number of aliphatic hydroxyl groups excluding tert-OH is 1. The number of thiazole rings is 1. The molecule has 136 valence electrons. The quantitative estimate of drug-likeness (QED) is 0.745. The zero-order chi connectivity index (χ0) is 19.1. The summed E-state index contributed by atoms with van der Waals surface area (Å²) >= 11 is 1.33. The van der Waals surface area contributed by atoms with Gasteiger partial charge < -0.3 is 9.84 Å². The van der Waals surface area contributed by atoms with Crippen LogP contribution in [0.1, 0.15) is 18.5 Å². The van der Waals surface area contributed by atoms with Gasteiger partial charge in [0, 0.05) is 5.56 Å². The molecule has 0 fully saturated rings. The van der Waals surface area contributed by atoms with Gasteiger partial charge in [0.25, 0.3) is 5.91 Å². The molecule has 0 aliphatic carbocycles. The maximum Gasteiger partial charge on any atom is 0.296 e. The molecule has 27 heavy (non-hydrogen) atoms. The highest BCUT2D eigenvalue weighted by atomic mass is 32.1. The van der Waals surface area contributed by atoms with Crippen molar-refractivity contribution in [1.82, 2.24) is 4.98 Å². The molecule has 0 bridgehead atoms. The summed E-state index contributed by atoms with van der Waals surface area (Å²) in [5.74, 6) is -1.04. The van der Waals surface area contributed by atoms with Crippen molar-refractivity contribution in [2.75, 3.05) is 12.0 Å². The Hall–Kier alpha value is -3.19. The minimum Gasteiger partial charge on any atom is -0.503 e. The Morgan fingerprint density at radius 3 is 2.59 bits per heavy atom. The second-order valence-corrected chi connectivity index (χ2v) is 7.11. The van der Waals surface area contributed by atoms with Crippen LogP contribution in [-0.4, -0.2) is 28.9 Å². The third kappa shape index (κ3) is 2.67. The van der Waals surface area contributed by atoms with Crippen LogP contribution in [0.25, 0.3) is 10.2 Å². The molecular weight excluding hydrogens is 364 g/mol. The normalized spacial score (nSPS) is 17.0. The van der Waals surface area contributed by atoms with E-state index in [0.717, 1.165) is 10.2 Å². The standard InChI is InChI=1S/C20H16N2O4S/c1-11(23)16-17(12-7-3-5-9-14(12)26-2)22(19(25)18(16)24)20-21-13-8-4-6-10-15(13)27-20/h3-10,17,24H,1-2H3/t17-/m1/s1. The molecule has 2 aromatic carbocycles. The van der Waals surface area contributed by atoms with Crippen LogP contribution in [0, 0.1) is 0 Å². The maximum atomic E-state index is 12.9. The molecule has 1 amide bonds. The van der Waals surface area contributed by atoms with E-state index >= 15 is 0 Å². The molecule has 2 heterocycles. The molecule has 1 aliphatic heterocycles. The fourth-order valence-corrected chi connectivity index (χ4v) is 4.30. The van der Waals surface area contributed by atoms with Crippen LogP contribution >= 0.6 is 11.3 Å². The number of benzene rings is 2. The number of nitrogens with zero attached hydrogens (tertiary/aromatic N) is 2. The molecule has 0 saturated heterocycles. The third-order valence-electron chi connectivity index (χ3n) is 4.51. The molecule has 3 aromatic rings. The van der Waals surface area contributed by atoms with Crippen LogP contribution in [0.15, 0.2) is 59.9 Å². The number of ketones is 1. The smallest absolute Gasteiger partial charge is 0.296 e. The van der Waals surface area contributed by atoms with Gasteiger partial charge in [0.15, 0.2) is 16.7 Å². The van der Waals surface area contributed by atoms with E-state index in [1.165, 1.54) is 30.3 Å². The van der Waals surface area contributed by atoms with Gasteiger partial charge in [-0.1, -0.05) is 41.7 Å². The number of fused-ring (bicyclic) bond motifs is 1. The molecule has 0 saturated carbocycles. The topological polar surface area (TPSA) is 79.7 Å². The average Bonchev–Trinajstić information content (AvgIpc) is 3.20. The van der Waals surface area contributed by atoms with Crippen LogP contribution in [0.4, 0.5) is 5.13 Å². The van der Waals surface area contributed by atoms with Gasteiger partial charge in [-0.2, -0.15) is 0 Å². The molecule has 0 radical (unpaired) electrons. The van der Waals surface area contributed by atoms with Crippen molar-refractivity contribution in [3.05, 3.63) is 65.4 Å². The number of rotatable bonds is 4. The minimum atomic E-state index is -0.799. The second kappa shape index (κ2) is 6.51. The number of carbonyl (C=O) groups is 2. The van der Waals surface area contributed by atoms with E-state index in [9.17, 15) is 14.7 Å². The largest absolute Gasteiger partial charge is 0.503 e. The first-order chi connectivity index (χ1) is 13.0. The summed E-state index contributed by atoms with van der Waals surface area (Å²) in [6, 6.07) is 13.9. The number of hydrogen-bond donors (Lipinski definition) is 1. The Bertz CT molecular complexity index is 1070. The van der Waals surface area contributed by atoms with Crippen LogP contribution in [-0.2, 0) is 9.59 Å². The van der Waals surface area contributed by atoms with Crippen LogP contribution in [0.2, 0.25) is 0 Å². The fourth-order valence-electron chi connectivity index (χ4n) is 3.31. The van der Waals surface area contributed by atoms with E-state index in [4.69, 9.17) is 4.74 Å². The number of aliphatic hydroxyl groups is 1. The first-order valence-electron chi connectivity index (χ1n) is 8.29. The Balaban J connectivity index is 1.94. The van der Waals surface area contributed by atoms with Gasteiger partial charge in [-0.05, 0) is 25.1 Å². The SMILES string of the molecule is COc1ccccc1[C@@H]1C(C(C)=O)=C(O)C(=O)N1c1nc2ccccc2s1. The van der Waals surface area contributed by atoms with Crippen molar-refractivity contribution < 1.29 is 19.4 Å². The predicted octanol–water partition coefficient (Wildman–Crippen LogP) is 3.79. The zero-order valence-corrected chi connectivity index (χ0v) is 15.5. The molecule has 0 unspecified atom stereocenters. The molecule has 4 rings (SSSR count). The number of ether oxygens (including phenoxy) is 1. The number of anilines is 1. The second-order valence-electron chi connectivity index (χ2n) is 6.10. The molecule has 0 spiro atoms. The van der Waals surface area contributed by atoms with E-state index in [0.29, 0.717) is 16.4 Å².